The predicted molar refractivity (Wildman–Crippen MR) is 168 cm³/mol. The number of para-hydroxylation sites is 1. The first-order chi connectivity index (χ1) is 20.9. The van der Waals surface area contributed by atoms with Crippen molar-refractivity contribution in [3.8, 4) is 22.9 Å². The third-order valence-corrected chi connectivity index (χ3v) is 7.88. The zero-order valence-electron chi connectivity index (χ0n) is 24.1. The van der Waals surface area contributed by atoms with Crippen molar-refractivity contribution >= 4 is 28.6 Å². The van der Waals surface area contributed by atoms with Crippen LogP contribution in [0, 0.1) is 0 Å². The molecule has 0 bridgehead atoms. The summed E-state index contributed by atoms with van der Waals surface area (Å²) in [6, 6.07) is 24.4. The van der Waals surface area contributed by atoms with Crippen LogP contribution in [0.4, 0.5) is 11.5 Å². The van der Waals surface area contributed by atoms with Crippen molar-refractivity contribution in [2.24, 2.45) is 0 Å². The number of ether oxygens (including phenoxy) is 1. The van der Waals surface area contributed by atoms with Crippen molar-refractivity contribution < 1.29 is 9.53 Å². The first-order valence-electron chi connectivity index (χ1n) is 14.2. The minimum absolute atomic E-state index is 0.154. The Labute approximate surface area is 249 Å². The summed E-state index contributed by atoms with van der Waals surface area (Å²) in [4.78, 5) is 39.4. The minimum atomic E-state index is -0.371. The maximum absolute atomic E-state index is 14.0. The van der Waals surface area contributed by atoms with E-state index in [4.69, 9.17) is 10.5 Å². The highest BCUT2D eigenvalue weighted by Gasteiger charge is 2.22. The predicted octanol–water partition coefficient (Wildman–Crippen LogP) is 4.95. The molecule has 218 valence electrons. The van der Waals surface area contributed by atoms with E-state index in [1.807, 2.05) is 42.5 Å². The number of carbonyl (C=O) groups excluding carboxylic acids is 1. The molecule has 2 heterocycles. The van der Waals surface area contributed by atoms with Gasteiger partial charge in [0.1, 0.15) is 23.3 Å². The summed E-state index contributed by atoms with van der Waals surface area (Å²) in [5.41, 5.74) is 8.42. The molecule has 43 heavy (non-hydrogen) atoms. The lowest BCUT2D eigenvalue weighted by Gasteiger charge is -2.33. The molecule has 0 aliphatic heterocycles. The average Bonchev–Trinajstić information content (AvgIpc) is 3.29. The van der Waals surface area contributed by atoms with E-state index in [0.29, 0.717) is 45.8 Å². The molecule has 0 atom stereocenters. The first kappa shape index (κ1) is 27.9. The summed E-state index contributed by atoms with van der Waals surface area (Å²) in [5.74, 6) is 1.35. The number of hydrogen-bond acceptors (Lipinski definition) is 7. The number of nitrogens with zero attached hydrogens (tertiary/aromatic N) is 6. The third-order valence-electron chi connectivity index (χ3n) is 7.88. The number of rotatable bonds is 9. The van der Waals surface area contributed by atoms with Crippen molar-refractivity contribution in [2.75, 3.05) is 31.3 Å². The average molecular weight is 576 g/mol. The van der Waals surface area contributed by atoms with E-state index in [2.05, 4.69) is 21.9 Å². The summed E-state index contributed by atoms with van der Waals surface area (Å²) in [5, 5.41) is 0. The van der Waals surface area contributed by atoms with E-state index < -0.39 is 0 Å². The number of amides is 1. The smallest absolute Gasteiger partial charge is 0.339 e. The Morgan fingerprint density at radius 1 is 0.953 bits per heavy atom. The molecular weight excluding hydrogens is 542 g/mol. The zero-order chi connectivity index (χ0) is 29.9. The fourth-order valence-corrected chi connectivity index (χ4v) is 5.18. The zero-order valence-corrected chi connectivity index (χ0v) is 24.1. The molecule has 0 radical (unpaired) electrons. The van der Waals surface area contributed by atoms with Gasteiger partial charge in [-0.15, -0.1) is 0 Å². The topological polar surface area (TPSA) is 112 Å². The number of nitrogens with two attached hydrogens (primary N) is 1. The van der Waals surface area contributed by atoms with Gasteiger partial charge in [-0.2, -0.15) is 0 Å². The molecule has 1 aliphatic rings. The lowest BCUT2D eigenvalue weighted by molar-refractivity contribution is -0.113. The Morgan fingerprint density at radius 2 is 1.70 bits per heavy atom. The van der Waals surface area contributed by atoms with Crippen LogP contribution in [-0.4, -0.2) is 56.6 Å². The van der Waals surface area contributed by atoms with Gasteiger partial charge in [-0.05, 0) is 74.5 Å². The highest BCUT2D eigenvalue weighted by Crippen LogP contribution is 2.27. The SMILES string of the molecule is CN(C(=O)/C=C/CN(C)C1CCC1)c1cccc(-n2c(=O)n(-c3ccc(Oc4ccccc4)cc3)c3c(N)ncnc32)c1. The minimum Gasteiger partial charge on any atom is -0.457 e. The van der Waals surface area contributed by atoms with Gasteiger partial charge in [0.2, 0.25) is 5.91 Å². The van der Waals surface area contributed by atoms with Crippen LogP contribution < -0.4 is 21.1 Å². The van der Waals surface area contributed by atoms with Gasteiger partial charge in [-0.3, -0.25) is 14.3 Å². The van der Waals surface area contributed by atoms with Gasteiger partial charge in [-0.1, -0.05) is 36.8 Å². The second-order valence-electron chi connectivity index (χ2n) is 10.6. The van der Waals surface area contributed by atoms with E-state index in [0.717, 1.165) is 6.54 Å². The van der Waals surface area contributed by atoms with Crippen molar-refractivity contribution in [3.05, 3.63) is 108 Å². The van der Waals surface area contributed by atoms with Crippen LogP contribution >= 0.6 is 0 Å². The second-order valence-corrected chi connectivity index (χ2v) is 10.6. The van der Waals surface area contributed by atoms with Crippen LogP contribution in [0.1, 0.15) is 19.3 Å². The van der Waals surface area contributed by atoms with Crippen LogP contribution in [0.5, 0.6) is 11.5 Å². The lowest BCUT2D eigenvalue weighted by atomic mass is 9.92. The molecule has 5 aromatic rings. The largest absolute Gasteiger partial charge is 0.457 e. The van der Waals surface area contributed by atoms with E-state index in [1.165, 1.54) is 34.7 Å². The van der Waals surface area contributed by atoms with Crippen LogP contribution in [0.15, 0.2) is 102 Å². The monoisotopic (exact) mass is 575 g/mol. The van der Waals surface area contributed by atoms with E-state index >= 15 is 0 Å². The number of carbonyl (C=O) groups is 1. The van der Waals surface area contributed by atoms with Crippen molar-refractivity contribution in [1.29, 1.82) is 0 Å². The van der Waals surface area contributed by atoms with Crippen LogP contribution in [-0.2, 0) is 4.79 Å². The van der Waals surface area contributed by atoms with Gasteiger partial charge in [-0.25, -0.2) is 19.3 Å². The highest BCUT2D eigenvalue weighted by atomic mass is 16.5. The van der Waals surface area contributed by atoms with Gasteiger partial charge in [0.15, 0.2) is 11.5 Å². The van der Waals surface area contributed by atoms with Crippen molar-refractivity contribution in [3.63, 3.8) is 0 Å². The molecular formula is C33H33N7O3. The van der Waals surface area contributed by atoms with Gasteiger partial charge in [0, 0.05) is 31.4 Å². The maximum Gasteiger partial charge on any atom is 0.339 e. The molecule has 1 fully saturated rings. The van der Waals surface area contributed by atoms with Crippen LogP contribution in [0.2, 0.25) is 0 Å². The first-order valence-corrected chi connectivity index (χ1v) is 14.2. The molecule has 0 spiro atoms. The Morgan fingerprint density at radius 3 is 2.42 bits per heavy atom. The molecule has 1 amide bonds. The number of benzene rings is 3. The third kappa shape index (κ3) is 5.64. The molecule has 2 aromatic heterocycles. The van der Waals surface area contributed by atoms with E-state index in [9.17, 15) is 9.59 Å². The second kappa shape index (κ2) is 11.9. The maximum atomic E-state index is 14.0. The van der Waals surface area contributed by atoms with E-state index in [-0.39, 0.29) is 17.4 Å². The number of hydrogen-bond donors (Lipinski definition) is 1. The Hall–Kier alpha value is -5.22. The summed E-state index contributed by atoms with van der Waals surface area (Å²) in [7, 11) is 3.80. The molecule has 10 nitrogen and oxygen atoms in total. The number of nitrogen functional groups attached to an aromatic ring is 1. The summed E-state index contributed by atoms with van der Waals surface area (Å²) < 4.78 is 8.88. The molecule has 0 saturated heterocycles. The normalized spacial score (nSPS) is 13.5. The highest BCUT2D eigenvalue weighted by molar-refractivity contribution is 6.01. The molecule has 1 aliphatic carbocycles. The van der Waals surface area contributed by atoms with Crippen molar-refractivity contribution in [1.82, 2.24) is 24.0 Å². The Bertz CT molecular complexity index is 1840. The standard InChI is InChI=1S/C33H33N7O3/c1-37(23-9-6-10-23)20-8-15-29(41)38(2)25-11-7-12-26(21-25)40-32-30(31(34)35-22-36-32)39(33(40)42)24-16-18-28(19-17-24)43-27-13-4-3-5-14-27/h3-5,7-8,11-19,21-23H,6,9-10,20H2,1-2H3,(H2,34,35,36)/b15-8+. The molecule has 0 unspecified atom stereocenters. The number of aromatic nitrogens is 4. The quantitative estimate of drug-likeness (QED) is 0.248. The van der Waals surface area contributed by atoms with Crippen LogP contribution in [0.3, 0.4) is 0 Å². The molecule has 6 rings (SSSR count). The number of imidazole rings is 1. The molecule has 1 saturated carbocycles. The summed E-state index contributed by atoms with van der Waals surface area (Å²) in [6.07, 6.45) is 8.53. The molecule has 3 aromatic carbocycles. The van der Waals surface area contributed by atoms with Crippen molar-refractivity contribution in [2.45, 2.75) is 25.3 Å². The Balaban J connectivity index is 1.30. The van der Waals surface area contributed by atoms with Crippen LogP contribution in [0.25, 0.3) is 22.5 Å². The number of anilines is 2. The fourth-order valence-electron chi connectivity index (χ4n) is 5.18. The summed E-state index contributed by atoms with van der Waals surface area (Å²) >= 11 is 0. The molecule has 10 heteroatoms. The van der Waals surface area contributed by atoms with Gasteiger partial charge < -0.3 is 15.4 Å². The Kier molecular flexibility index (Phi) is 7.76. The number of fused-ring (bicyclic) bond motifs is 1. The number of likely N-dealkylation sites (N-methyl/N-ethyl adjacent to an activating group) is 2. The van der Waals surface area contributed by atoms with Gasteiger partial charge in [0.25, 0.3) is 0 Å². The summed E-state index contributed by atoms with van der Waals surface area (Å²) in [6.45, 7) is 0.722. The van der Waals surface area contributed by atoms with Gasteiger partial charge in [0.05, 0.1) is 11.4 Å². The lowest BCUT2D eigenvalue weighted by Crippen LogP contribution is -2.37. The van der Waals surface area contributed by atoms with E-state index in [1.54, 1.807) is 60.5 Å². The fraction of sp³-hybridized carbons (Fsp3) is 0.212. The van der Waals surface area contributed by atoms with Gasteiger partial charge >= 0.3 is 5.69 Å². The molecule has 2 N–H and O–H groups in total.